The largest absolute Gasteiger partial charge is 0.251 e. The second-order valence-corrected chi connectivity index (χ2v) is 14.8. The number of hydrogen-bond donors (Lipinski definition) is 0. The molecule has 1 aliphatic heterocycles. The molecule has 2 aromatic heterocycles. The first kappa shape index (κ1) is 32.8. The van der Waals surface area contributed by atoms with Crippen LogP contribution in [0.25, 0.3) is 66.9 Å². The van der Waals surface area contributed by atoms with E-state index in [4.69, 9.17) is 19.9 Å². The molecule has 0 radical (unpaired) electrons. The molecule has 1 unspecified atom stereocenters. The van der Waals surface area contributed by atoms with Gasteiger partial charge in [-0.25, -0.2) is 15.0 Å². The number of allylic oxidation sites excluding steroid dienone is 4. The van der Waals surface area contributed by atoms with Gasteiger partial charge in [0.05, 0.1) is 10.6 Å². The van der Waals surface area contributed by atoms with E-state index in [-0.39, 0.29) is 5.92 Å². The number of rotatable bonds is 7. The van der Waals surface area contributed by atoms with Gasteiger partial charge in [-0.3, -0.25) is 4.99 Å². The minimum atomic E-state index is 0.224. The number of aliphatic imine (C=N–C) groups is 1. The summed E-state index contributed by atoms with van der Waals surface area (Å²) in [6.07, 6.45) is 7.57. The van der Waals surface area contributed by atoms with Crippen LogP contribution >= 0.6 is 11.3 Å². The molecule has 0 N–H and O–H groups in total. The van der Waals surface area contributed by atoms with Crippen molar-refractivity contribution in [2.45, 2.75) is 12.3 Å². The number of nitrogens with zero attached hydrogens (tertiary/aromatic N) is 4. The van der Waals surface area contributed by atoms with E-state index in [1.165, 1.54) is 32.0 Å². The maximum absolute atomic E-state index is 5.38. The summed E-state index contributed by atoms with van der Waals surface area (Å²) in [4.78, 5) is 22.6. The summed E-state index contributed by atoms with van der Waals surface area (Å²) >= 11 is 1.87. The van der Waals surface area contributed by atoms with Crippen molar-refractivity contribution in [1.29, 1.82) is 0 Å². The Kier molecular flexibility index (Phi) is 8.47. The highest BCUT2D eigenvalue weighted by Crippen LogP contribution is 2.52. The Morgan fingerprint density at radius 3 is 1.38 bits per heavy atom. The van der Waals surface area contributed by atoms with Gasteiger partial charge in [0.15, 0.2) is 17.5 Å². The van der Waals surface area contributed by atoms with Gasteiger partial charge < -0.3 is 0 Å². The van der Waals surface area contributed by atoms with E-state index < -0.39 is 0 Å². The third-order valence-corrected chi connectivity index (χ3v) is 11.6. The van der Waals surface area contributed by atoms with Crippen LogP contribution in [0.2, 0.25) is 0 Å². The molecule has 260 valence electrons. The fourth-order valence-electron chi connectivity index (χ4n) is 7.58. The lowest BCUT2D eigenvalue weighted by atomic mass is 9.81. The van der Waals surface area contributed by atoms with Crippen molar-refractivity contribution >= 4 is 17.0 Å². The number of fused-ring (bicyclic) bond motifs is 3. The Labute approximate surface area is 324 Å². The lowest BCUT2D eigenvalue weighted by Crippen LogP contribution is -2.16. The number of aromatic nitrogens is 3. The molecule has 8 aromatic rings. The first-order chi connectivity index (χ1) is 27.3. The molecule has 1 atom stereocenters. The zero-order valence-corrected chi connectivity index (χ0v) is 30.7. The van der Waals surface area contributed by atoms with Crippen LogP contribution in [0, 0.1) is 0 Å². The normalized spacial score (nSPS) is 14.4. The summed E-state index contributed by atoms with van der Waals surface area (Å²) in [5.41, 5.74) is 13.6. The lowest BCUT2D eigenvalue weighted by Gasteiger charge is -2.27. The van der Waals surface area contributed by atoms with Gasteiger partial charge in [-0.05, 0) is 40.3 Å². The van der Waals surface area contributed by atoms with E-state index in [0.717, 1.165) is 51.2 Å². The Hall–Kier alpha value is -6.82. The fourth-order valence-corrected chi connectivity index (χ4v) is 8.98. The Bertz CT molecular complexity index is 2670. The Balaban J connectivity index is 1.01. The molecule has 3 heterocycles. The highest BCUT2D eigenvalue weighted by atomic mass is 32.1. The van der Waals surface area contributed by atoms with Crippen molar-refractivity contribution in [3.05, 3.63) is 210 Å². The maximum atomic E-state index is 5.38. The third-order valence-electron chi connectivity index (χ3n) is 10.3. The monoisotopic (exact) mass is 722 g/mol. The van der Waals surface area contributed by atoms with E-state index in [0.29, 0.717) is 17.5 Å². The molecule has 0 saturated carbocycles. The van der Waals surface area contributed by atoms with E-state index in [2.05, 4.69) is 127 Å². The van der Waals surface area contributed by atoms with Crippen molar-refractivity contribution in [3.8, 4) is 66.9 Å². The molecular weight excluding hydrogens is 689 g/mol. The summed E-state index contributed by atoms with van der Waals surface area (Å²) < 4.78 is 0. The quantitative estimate of drug-likeness (QED) is 0.165. The molecule has 0 amide bonds. The van der Waals surface area contributed by atoms with Gasteiger partial charge in [0.2, 0.25) is 0 Å². The van der Waals surface area contributed by atoms with Crippen LogP contribution in [-0.4, -0.2) is 20.7 Å². The Morgan fingerprint density at radius 1 is 0.418 bits per heavy atom. The third kappa shape index (κ3) is 6.25. The van der Waals surface area contributed by atoms with Crippen LogP contribution in [0.5, 0.6) is 0 Å². The van der Waals surface area contributed by atoms with E-state index in [1.807, 2.05) is 72.0 Å². The van der Waals surface area contributed by atoms with Crippen LogP contribution in [0.15, 0.2) is 199 Å². The molecule has 1 aliphatic carbocycles. The predicted octanol–water partition coefficient (Wildman–Crippen LogP) is 12.7. The minimum Gasteiger partial charge on any atom is -0.251 e. The van der Waals surface area contributed by atoms with E-state index in [1.54, 1.807) is 0 Å². The molecule has 55 heavy (non-hydrogen) atoms. The van der Waals surface area contributed by atoms with Crippen LogP contribution < -0.4 is 0 Å². The van der Waals surface area contributed by atoms with Crippen LogP contribution in [0.4, 0.5) is 0 Å². The molecule has 5 heteroatoms. The van der Waals surface area contributed by atoms with Gasteiger partial charge in [-0.15, -0.1) is 11.3 Å². The average molecular weight is 723 g/mol. The second kappa shape index (κ2) is 14.2. The molecular formula is C50H34N4S. The van der Waals surface area contributed by atoms with Crippen molar-refractivity contribution in [1.82, 2.24) is 15.0 Å². The first-order valence-electron chi connectivity index (χ1n) is 18.6. The summed E-state index contributed by atoms with van der Waals surface area (Å²) in [5.74, 6) is 2.18. The lowest BCUT2D eigenvalue weighted by molar-refractivity contribution is 0.782. The Morgan fingerprint density at radius 2 is 0.855 bits per heavy atom. The summed E-state index contributed by atoms with van der Waals surface area (Å²) in [7, 11) is 0. The summed E-state index contributed by atoms with van der Waals surface area (Å²) in [5, 5.41) is 0. The molecule has 0 bridgehead atoms. The molecule has 0 spiro atoms. The highest BCUT2D eigenvalue weighted by Gasteiger charge is 2.34. The van der Waals surface area contributed by atoms with E-state index >= 15 is 0 Å². The minimum absolute atomic E-state index is 0.224. The second-order valence-electron chi connectivity index (χ2n) is 13.7. The molecule has 2 aliphatic rings. The average Bonchev–Trinajstić information content (AvgIpc) is 3.69. The maximum Gasteiger partial charge on any atom is 0.164 e. The van der Waals surface area contributed by atoms with Crippen molar-refractivity contribution < 1.29 is 0 Å². The zero-order chi connectivity index (χ0) is 36.6. The van der Waals surface area contributed by atoms with Crippen molar-refractivity contribution in [3.63, 3.8) is 0 Å². The molecule has 10 rings (SSSR count). The van der Waals surface area contributed by atoms with Crippen LogP contribution in [0.1, 0.15) is 28.3 Å². The summed E-state index contributed by atoms with van der Waals surface area (Å²) in [6, 6.07) is 59.2. The van der Waals surface area contributed by atoms with Gasteiger partial charge in [-0.1, -0.05) is 182 Å². The van der Waals surface area contributed by atoms with Crippen LogP contribution in [-0.2, 0) is 0 Å². The topological polar surface area (TPSA) is 51.0 Å². The molecule has 0 saturated heterocycles. The molecule has 6 aromatic carbocycles. The standard InChI is InChI=1S/C50H34N4S/c1-5-15-35(16-6-1)43-44-41-23-13-14-24-42(41)51-45(47(44)55-46(43)37-17-7-2-8-18-37)36-29-25-33(26-30-36)34-27-31-40(32-28-34)50-53-48(38-19-9-3-10-20-38)52-49(54-50)39-21-11-4-12-22-39/h1-22,24-32,41H,23H2. The van der Waals surface area contributed by atoms with Gasteiger partial charge in [0, 0.05) is 44.3 Å². The number of benzene rings is 6. The highest BCUT2D eigenvalue weighted by molar-refractivity contribution is 7.18. The SMILES string of the molecule is C1=CCC2C(=C1)N=C(c1ccc(-c3ccc(-c4nc(-c5ccccc5)nc(-c5ccccc5)n4)cc3)cc1)c1sc(-c3ccccc3)c(-c3ccccc3)c12. The van der Waals surface area contributed by atoms with Gasteiger partial charge in [0.1, 0.15) is 0 Å². The van der Waals surface area contributed by atoms with Gasteiger partial charge in [0.25, 0.3) is 0 Å². The number of thiophene rings is 1. The van der Waals surface area contributed by atoms with Crippen LogP contribution in [0.3, 0.4) is 0 Å². The smallest absolute Gasteiger partial charge is 0.164 e. The van der Waals surface area contributed by atoms with Gasteiger partial charge in [-0.2, -0.15) is 0 Å². The molecule has 0 fully saturated rings. The summed E-state index contributed by atoms with van der Waals surface area (Å²) in [6.45, 7) is 0. The fraction of sp³-hybridized carbons (Fsp3) is 0.0400. The first-order valence-corrected chi connectivity index (χ1v) is 19.4. The molecule has 4 nitrogen and oxygen atoms in total. The zero-order valence-electron chi connectivity index (χ0n) is 29.9. The van der Waals surface area contributed by atoms with Crippen molar-refractivity contribution in [2.24, 2.45) is 4.99 Å². The number of hydrogen-bond acceptors (Lipinski definition) is 5. The predicted molar refractivity (Wildman–Crippen MR) is 227 cm³/mol. The van der Waals surface area contributed by atoms with Gasteiger partial charge >= 0.3 is 0 Å². The van der Waals surface area contributed by atoms with E-state index in [9.17, 15) is 0 Å². The van der Waals surface area contributed by atoms with Crippen molar-refractivity contribution in [2.75, 3.05) is 0 Å².